The Morgan fingerprint density at radius 3 is 1.30 bits per heavy atom. The first-order valence-corrected chi connectivity index (χ1v) is 8.69. The van der Waals surface area contributed by atoms with Gasteiger partial charge in [0.05, 0.1) is 0 Å². The predicted octanol–water partition coefficient (Wildman–Crippen LogP) is -4.12. The summed E-state index contributed by atoms with van der Waals surface area (Å²) in [5, 5.41) is 35.1. The monoisotopic (exact) mass is 466 g/mol. The van der Waals surface area contributed by atoms with Crippen molar-refractivity contribution in [1.29, 1.82) is 0 Å². The number of phenols is 2. The molecule has 2 aromatic carbocycles. The molecule has 0 amide bonds. The third-order valence-electron chi connectivity index (χ3n) is 3.35. The quantitative estimate of drug-likeness (QED) is 0.326. The number of hydrogen-bond donors (Lipinski definition) is 2. The van der Waals surface area contributed by atoms with Gasteiger partial charge in [-0.05, 0) is 66.5 Å². The van der Waals surface area contributed by atoms with Crippen LogP contribution in [0.5, 0.6) is 11.5 Å². The summed E-state index contributed by atoms with van der Waals surface area (Å²) in [6.45, 7) is 4.12. The Bertz CT molecular complexity index is 716. The summed E-state index contributed by atoms with van der Waals surface area (Å²) < 4.78 is 0. The maximum absolute atomic E-state index is 10.4. The van der Waals surface area contributed by atoms with Gasteiger partial charge in [0.2, 0.25) is 0 Å². The van der Waals surface area contributed by atoms with Gasteiger partial charge in [-0.3, -0.25) is 9.59 Å². The zero-order chi connectivity index (χ0) is 21.5. The Morgan fingerprint density at radius 1 is 0.767 bits per heavy atom. The van der Waals surface area contributed by atoms with E-state index in [2.05, 4.69) is 13.8 Å². The van der Waals surface area contributed by atoms with Crippen molar-refractivity contribution in [3.63, 3.8) is 0 Å². The molecule has 0 aromatic heterocycles. The van der Waals surface area contributed by atoms with E-state index >= 15 is 0 Å². The molecule has 0 unspecified atom stereocenters. The minimum atomic E-state index is -2.33. The first-order valence-electron chi connectivity index (χ1n) is 8.69. The molecular formula is C21H24K2O7. The molecule has 0 radical (unpaired) electrons. The Hall–Kier alpha value is -0.0773. The number of phenolic OH excluding ortho intramolecular Hbond substituents is 2. The predicted molar refractivity (Wildman–Crippen MR) is 100 cm³/mol. The van der Waals surface area contributed by atoms with Crippen LogP contribution < -0.4 is 113 Å². The van der Waals surface area contributed by atoms with Crippen LogP contribution in [-0.2, 0) is 12.8 Å². The minimum Gasteiger partial charge on any atom is -0.652 e. The Labute approximate surface area is 261 Å². The number of benzene rings is 2. The molecule has 152 valence electrons. The van der Waals surface area contributed by atoms with Crippen molar-refractivity contribution in [1.82, 2.24) is 0 Å². The molecular weight excluding hydrogens is 442 g/mol. The van der Waals surface area contributed by atoms with E-state index in [-0.39, 0.29) is 114 Å². The van der Waals surface area contributed by atoms with Crippen LogP contribution >= 0.6 is 0 Å². The molecule has 2 aromatic rings. The molecule has 0 atom stereocenters. The Balaban J connectivity index is -0.000000391. The molecule has 0 spiro atoms. The van der Waals surface area contributed by atoms with Gasteiger partial charge in [-0.15, -0.1) is 0 Å². The fraction of sp³-hybridized carbons (Fsp3) is 0.286. The Morgan fingerprint density at radius 2 is 1.07 bits per heavy atom. The van der Waals surface area contributed by atoms with E-state index in [9.17, 15) is 19.8 Å². The maximum Gasteiger partial charge on any atom is 1.00 e. The molecule has 0 aliphatic carbocycles. The standard InChI is InChI=1S/2C10H12O2.CH2O3.2K/c2*1-2-3-8-4-9(7-11)6-10(12)5-8;2-1(3)4;;/h2*4-7,12H,2-3H2,1H3;(H2,2,3,4);;/q;;;2*+1/p-2. The molecule has 0 saturated carbocycles. The number of aldehydes is 2. The number of rotatable bonds is 6. The van der Waals surface area contributed by atoms with Gasteiger partial charge >= 0.3 is 103 Å². The number of aryl methyl sites for hydroxylation is 2. The van der Waals surface area contributed by atoms with Crippen molar-refractivity contribution in [3.05, 3.63) is 58.7 Å². The van der Waals surface area contributed by atoms with Crippen LogP contribution in [0.2, 0.25) is 0 Å². The summed E-state index contributed by atoms with van der Waals surface area (Å²) in [5.41, 5.74) is 3.11. The zero-order valence-corrected chi connectivity index (χ0v) is 24.1. The molecule has 0 saturated heterocycles. The molecule has 2 N–H and O–H groups in total. The Kier molecular flexibility index (Phi) is 23.9. The molecule has 9 heteroatoms. The maximum atomic E-state index is 10.4. The minimum absolute atomic E-state index is 0. The van der Waals surface area contributed by atoms with Gasteiger partial charge in [-0.25, -0.2) is 0 Å². The zero-order valence-electron chi connectivity index (χ0n) is 17.9. The molecule has 0 fully saturated rings. The van der Waals surface area contributed by atoms with Crippen molar-refractivity contribution >= 4 is 18.7 Å². The molecule has 0 bridgehead atoms. The van der Waals surface area contributed by atoms with Crippen molar-refractivity contribution in [2.75, 3.05) is 0 Å². The number of carbonyl (C=O) groups excluding carboxylic acids is 3. The van der Waals surface area contributed by atoms with Crippen molar-refractivity contribution in [2.45, 2.75) is 39.5 Å². The average molecular weight is 467 g/mol. The van der Waals surface area contributed by atoms with Gasteiger partial charge in [0, 0.05) is 11.1 Å². The fourth-order valence-corrected chi connectivity index (χ4v) is 2.40. The van der Waals surface area contributed by atoms with E-state index in [1.165, 1.54) is 12.1 Å². The second kappa shape index (κ2) is 20.8. The third-order valence-corrected chi connectivity index (χ3v) is 3.35. The summed E-state index contributed by atoms with van der Waals surface area (Å²) in [4.78, 5) is 29.1. The van der Waals surface area contributed by atoms with Crippen LogP contribution in [-0.4, -0.2) is 28.9 Å². The van der Waals surface area contributed by atoms with E-state index in [4.69, 9.17) is 15.0 Å². The number of carbonyl (C=O) groups is 3. The SMILES string of the molecule is CCCc1cc(O)cc(C=O)c1.CCCc1cc(O)cc(C=O)c1.O=C([O-])[O-].[K+].[K+]. The normalized spacial score (nSPS) is 8.60. The summed E-state index contributed by atoms with van der Waals surface area (Å²) in [6, 6.07) is 9.91. The van der Waals surface area contributed by atoms with Crippen LogP contribution in [0.1, 0.15) is 58.5 Å². The van der Waals surface area contributed by atoms with E-state index in [0.717, 1.165) is 49.4 Å². The van der Waals surface area contributed by atoms with E-state index in [0.29, 0.717) is 11.1 Å². The van der Waals surface area contributed by atoms with Crippen molar-refractivity contribution in [2.24, 2.45) is 0 Å². The van der Waals surface area contributed by atoms with Crippen molar-refractivity contribution in [3.8, 4) is 11.5 Å². The van der Waals surface area contributed by atoms with E-state index in [1.54, 1.807) is 24.3 Å². The largest absolute Gasteiger partial charge is 1.00 e. The van der Waals surface area contributed by atoms with Crippen LogP contribution in [0.4, 0.5) is 4.79 Å². The summed E-state index contributed by atoms with van der Waals surface area (Å²) in [6.07, 6.45) is 2.99. The third kappa shape index (κ3) is 17.6. The van der Waals surface area contributed by atoms with Gasteiger partial charge in [0.25, 0.3) is 0 Å². The number of carboxylic acid groups (broad SMARTS) is 2. The topological polar surface area (TPSA) is 138 Å². The van der Waals surface area contributed by atoms with Gasteiger partial charge in [0.15, 0.2) is 0 Å². The van der Waals surface area contributed by atoms with Crippen molar-refractivity contribution < 1.29 is 138 Å². The van der Waals surface area contributed by atoms with Crippen LogP contribution in [0.25, 0.3) is 0 Å². The second-order valence-corrected chi connectivity index (χ2v) is 5.85. The molecule has 0 aliphatic heterocycles. The van der Waals surface area contributed by atoms with E-state index in [1.807, 2.05) is 0 Å². The molecule has 0 heterocycles. The molecule has 2 rings (SSSR count). The van der Waals surface area contributed by atoms with Crippen LogP contribution in [0.3, 0.4) is 0 Å². The van der Waals surface area contributed by atoms with Gasteiger partial charge in [-0.2, -0.15) is 0 Å². The van der Waals surface area contributed by atoms with Crippen LogP contribution in [0.15, 0.2) is 36.4 Å². The average Bonchev–Trinajstić information content (AvgIpc) is 2.61. The van der Waals surface area contributed by atoms with Gasteiger partial charge in [0.1, 0.15) is 24.1 Å². The number of hydrogen-bond acceptors (Lipinski definition) is 7. The fourth-order valence-electron chi connectivity index (χ4n) is 2.40. The second-order valence-electron chi connectivity index (χ2n) is 5.85. The van der Waals surface area contributed by atoms with Crippen LogP contribution in [0, 0.1) is 0 Å². The summed E-state index contributed by atoms with van der Waals surface area (Å²) >= 11 is 0. The smallest absolute Gasteiger partial charge is 0.652 e. The van der Waals surface area contributed by atoms with E-state index < -0.39 is 6.16 Å². The summed E-state index contributed by atoms with van der Waals surface area (Å²) in [7, 11) is 0. The van der Waals surface area contributed by atoms with Gasteiger partial charge in [-0.1, -0.05) is 26.7 Å². The van der Waals surface area contributed by atoms with Gasteiger partial charge < -0.3 is 25.2 Å². The number of aromatic hydroxyl groups is 2. The molecule has 30 heavy (non-hydrogen) atoms. The molecule has 7 nitrogen and oxygen atoms in total. The first-order chi connectivity index (χ1) is 13.2. The summed E-state index contributed by atoms with van der Waals surface area (Å²) in [5.74, 6) is 0.339. The first kappa shape index (κ1) is 34.5. The molecule has 0 aliphatic rings.